The van der Waals surface area contributed by atoms with Crippen LogP contribution in [-0.2, 0) is 6.54 Å². The summed E-state index contributed by atoms with van der Waals surface area (Å²) in [6.07, 6.45) is 0. The first-order valence-corrected chi connectivity index (χ1v) is 8.52. The van der Waals surface area contributed by atoms with Crippen molar-refractivity contribution in [2.24, 2.45) is 0 Å². The van der Waals surface area contributed by atoms with Gasteiger partial charge in [-0.1, -0.05) is 62.7 Å². The van der Waals surface area contributed by atoms with E-state index >= 15 is 0 Å². The molecule has 0 bridgehead atoms. The maximum absolute atomic E-state index is 3.55. The van der Waals surface area contributed by atoms with Gasteiger partial charge < -0.3 is 5.32 Å². The normalized spacial score (nSPS) is 10.7. The Morgan fingerprint density at radius 2 is 1.84 bits per heavy atom. The lowest BCUT2D eigenvalue weighted by Crippen LogP contribution is -2.12. The van der Waals surface area contributed by atoms with E-state index in [1.807, 2.05) is 6.07 Å². The fourth-order valence-corrected chi connectivity index (χ4v) is 3.79. The predicted octanol–water partition coefficient (Wildman–Crippen LogP) is 5.47. The average molecular weight is 401 g/mol. The zero-order valence-electron chi connectivity index (χ0n) is 10.6. The standard InChI is InChI=1S/C15H15Br2NS/c1-2-18-10-11-6-7-13(17)9-15(11)19-14-5-3-4-12(16)8-14/h3-9,18H,2,10H2,1H3. The molecular formula is C15H15Br2NS. The molecule has 0 aliphatic rings. The Bertz CT molecular complexity index is 558. The summed E-state index contributed by atoms with van der Waals surface area (Å²) in [5.41, 5.74) is 1.33. The summed E-state index contributed by atoms with van der Waals surface area (Å²) in [5, 5.41) is 3.38. The first-order valence-electron chi connectivity index (χ1n) is 6.11. The van der Waals surface area contributed by atoms with Gasteiger partial charge in [0.25, 0.3) is 0 Å². The second-order valence-electron chi connectivity index (χ2n) is 4.09. The van der Waals surface area contributed by atoms with Crippen LogP contribution in [-0.4, -0.2) is 6.54 Å². The van der Waals surface area contributed by atoms with Gasteiger partial charge in [-0.2, -0.15) is 0 Å². The summed E-state index contributed by atoms with van der Waals surface area (Å²) in [4.78, 5) is 2.53. The number of hydrogen-bond donors (Lipinski definition) is 1. The van der Waals surface area contributed by atoms with E-state index in [2.05, 4.69) is 80.5 Å². The van der Waals surface area contributed by atoms with E-state index in [0.29, 0.717) is 0 Å². The molecule has 0 amide bonds. The second-order valence-corrected chi connectivity index (χ2v) is 7.04. The topological polar surface area (TPSA) is 12.0 Å². The van der Waals surface area contributed by atoms with Gasteiger partial charge >= 0.3 is 0 Å². The van der Waals surface area contributed by atoms with Crippen LogP contribution >= 0.6 is 43.6 Å². The zero-order valence-corrected chi connectivity index (χ0v) is 14.6. The molecule has 1 nitrogen and oxygen atoms in total. The summed E-state index contributed by atoms with van der Waals surface area (Å²) >= 11 is 8.86. The van der Waals surface area contributed by atoms with Crippen LogP contribution in [0.3, 0.4) is 0 Å². The summed E-state index contributed by atoms with van der Waals surface area (Å²) in [5.74, 6) is 0. The van der Waals surface area contributed by atoms with Crippen molar-refractivity contribution in [3.8, 4) is 0 Å². The van der Waals surface area contributed by atoms with Crippen molar-refractivity contribution in [1.82, 2.24) is 5.32 Å². The fourth-order valence-electron chi connectivity index (χ4n) is 1.69. The Kier molecular flexibility index (Phi) is 5.95. The minimum absolute atomic E-state index is 0.903. The van der Waals surface area contributed by atoms with E-state index in [-0.39, 0.29) is 0 Å². The van der Waals surface area contributed by atoms with Crippen molar-refractivity contribution < 1.29 is 0 Å². The third-order valence-electron chi connectivity index (χ3n) is 2.62. The molecule has 0 radical (unpaired) electrons. The zero-order chi connectivity index (χ0) is 13.7. The van der Waals surface area contributed by atoms with Gasteiger partial charge in [0.05, 0.1) is 0 Å². The van der Waals surface area contributed by atoms with Crippen LogP contribution in [0.5, 0.6) is 0 Å². The molecule has 0 saturated carbocycles. The van der Waals surface area contributed by atoms with Crippen LogP contribution in [0.15, 0.2) is 61.2 Å². The van der Waals surface area contributed by atoms with E-state index in [1.165, 1.54) is 15.4 Å². The van der Waals surface area contributed by atoms with E-state index in [1.54, 1.807) is 11.8 Å². The molecule has 4 heteroatoms. The second kappa shape index (κ2) is 7.48. The third-order valence-corrected chi connectivity index (χ3v) is 4.69. The van der Waals surface area contributed by atoms with E-state index < -0.39 is 0 Å². The Hall–Kier alpha value is -0.290. The molecule has 0 unspecified atom stereocenters. The van der Waals surface area contributed by atoms with Gasteiger partial charge in [-0.3, -0.25) is 0 Å². The molecule has 100 valence electrons. The van der Waals surface area contributed by atoms with Gasteiger partial charge in [-0.25, -0.2) is 0 Å². The predicted molar refractivity (Wildman–Crippen MR) is 89.8 cm³/mol. The number of benzene rings is 2. The minimum atomic E-state index is 0.903. The summed E-state index contributed by atoms with van der Waals surface area (Å²) in [6.45, 7) is 4.01. The molecule has 0 saturated heterocycles. The molecule has 19 heavy (non-hydrogen) atoms. The van der Waals surface area contributed by atoms with Gasteiger partial charge in [-0.15, -0.1) is 0 Å². The number of halogens is 2. The monoisotopic (exact) mass is 399 g/mol. The highest BCUT2D eigenvalue weighted by Crippen LogP contribution is 2.33. The van der Waals surface area contributed by atoms with Crippen molar-refractivity contribution in [3.05, 3.63) is 57.0 Å². The SMILES string of the molecule is CCNCc1ccc(Br)cc1Sc1cccc(Br)c1. The van der Waals surface area contributed by atoms with Gasteiger partial charge in [0.1, 0.15) is 0 Å². The Balaban J connectivity index is 2.24. The van der Waals surface area contributed by atoms with E-state index in [4.69, 9.17) is 0 Å². The lowest BCUT2D eigenvalue weighted by atomic mass is 10.2. The largest absolute Gasteiger partial charge is 0.313 e. The molecule has 0 aliphatic carbocycles. The summed E-state index contributed by atoms with van der Waals surface area (Å²) in [6, 6.07) is 14.8. The van der Waals surface area contributed by atoms with E-state index in [9.17, 15) is 0 Å². The molecule has 0 spiro atoms. The smallest absolute Gasteiger partial charge is 0.0216 e. The van der Waals surface area contributed by atoms with Gasteiger partial charge in [0, 0.05) is 25.3 Å². The van der Waals surface area contributed by atoms with Gasteiger partial charge in [0.15, 0.2) is 0 Å². The van der Waals surface area contributed by atoms with Crippen LogP contribution in [0.2, 0.25) is 0 Å². The molecule has 0 atom stereocenters. The van der Waals surface area contributed by atoms with Gasteiger partial charge in [-0.05, 0) is 42.4 Å². The molecule has 0 aliphatic heterocycles. The first kappa shape index (κ1) is 15.1. The molecule has 0 fully saturated rings. The van der Waals surface area contributed by atoms with Crippen molar-refractivity contribution in [2.75, 3.05) is 6.54 Å². The van der Waals surface area contributed by atoms with Crippen molar-refractivity contribution in [1.29, 1.82) is 0 Å². The molecule has 0 aromatic heterocycles. The fraction of sp³-hybridized carbons (Fsp3) is 0.200. The molecular weight excluding hydrogens is 386 g/mol. The maximum atomic E-state index is 3.55. The number of nitrogens with one attached hydrogen (secondary N) is 1. The lowest BCUT2D eigenvalue weighted by Gasteiger charge is -2.10. The van der Waals surface area contributed by atoms with Crippen LogP contribution in [0, 0.1) is 0 Å². The summed E-state index contributed by atoms with van der Waals surface area (Å²) in [7, 11) is 0. The number of hydrogen-bond acceptors (Lipinski definition) is 2. The van der Waals surface area contributed by atoms with Crippen molar-refractivity contribution in [3.63, 3.8) is 0 Å². The van der Waals surface area contributed by atoms with E-state index in [0.717, 1.165) is 22.0 Å². The Morgan fingerprint density at radius 3 is 2.58 bits per heavy atom. The highest BCUT2D eigenvalue weighted by molar-refractivity contribution is 9.10. The van der Waals surface area contributed by atoms with Crippen LogP contribution < -0.4 is 5.32 Å². The molecule has 1 N–H and O–H groups in total. The third kappa shape index (κ3) is 4.63. The minimum Gasteiger partial charge on any atom is -0.313 e. The Labute approximate surface area is 135 Å². The highest BCUT2D eigenvalue weighted by atomic mass is 79.9. The van der Waals surface area contributed by atoms with Crippen molar-refractivity contribution in [2.45, 2.75) is 23.3 Å². The lowest BCUT2D eigenvalue weighted by molar-refractivity contribution is 0.718. The van der Waals surface area contributed by atoms with Crippen LogP contribution in [0.4, 0.5) is 0 Å². The maximum Gasteiger partial charge on any atom is 0.0216 e. The molecule has 0 heterocycles. The summed E-state index contributed by atoms with van der Waals surface area (Å²) < 4.78 is 2.23. The van der Waals surface area contributed by atoms with Gasteiger partial charge in [0.2, 0.25) is 0 Å². The first-order chi connectivity index (χ1) is 9.19. The average Bonchev–Trinajstić information content (AvgIpc) is 2.38. The van der Waals surface area contributed by atoms with Crippen molar-refractivity contribution >= 4 is 43.6 Å². The molecule has 2 aromatic carbocycles. The van der Waals surface area contributed by atoms with Crippen LogP contribution in [0.1, 0.15) is 12.5 Å². The number of rotatable bonds is 5. The Morgan fingerprint density at radius 1 is 1.05 bits per heavy atom. The molecule has 2 rings (SSSR count). The molecule has 2 aromatic rings. The quantitative estimate of drug-likeness (QED) is 0.713. The highest BCUT2D eigenvalue weighted by Gasteiger charge is 2.05. The van der Waals surface area contributed by atoms with Crippen LogP contribution in [0.25, 0.3) is 0 Å².